The lowest BCUT2D eigenvalue weighted by Gasteiger charge is -2.12. The number of carbonyl (C=O) groups is 1. The van der Waals surface area contributed by atoms with E-state index in [4.69, 9.17) is 5.11 Å². The Morgan fingerprint density at radius 3 is 2.33 bits per heavy atom. The number of carboxylic acids is 1. The van der Waals surface area contributed by atoms with Gasteiger partial charge in [0.25, 0.3) is 0 Å². The van der Waals surface area contributed by atoms with E-state index in [2.05, 4.69) is 9.47 Å². The molecule has 1 aromatic rings. The van der Waals surface area contributed by atoms with Crippen molar-refractivity contribution in [3.63, 3.8) is 0 Å². The fraction of sp³-hybridized carbons (Fsp3) is 0.222. The first-order chi connectivity index (χ1) is 8.19. The third kappa shape index (κ3) is 4.07. The number of halogens is 5. The predicted molar refractivity (Wildman–Crippen MR) is 46.7 cm³/mol. The molecule has 0 atom stereocenters. The molecule has 1 rings (SSSR count). The third-order valence-corrected chi connectivity index (χ3v) is 1.63. The highest BCUT2D eigenvalue weighted by molar-refractivity contribution is 5.91. The van der Waals surface area contributed by atoms with Gasteiger partial charge in [-0.25, -0.2) is 4.79 Å². The topological polar surface area (TPSA) is 55.8 Å². The second-order valence-electron chi connectivity index (χ2n) is 2.89. The SMILES string of the molecule is O=C(O)c1cc(OC(F)F)ccc1OC(F)(F)F. The number of alkyl halides is 5. The maximum absolute atomic E-state index is 11.9. The molecule has 9 heteroatoms. The van der Waals surface area contributed by atoms with Gasteiger partial charge in [0, 0.05) is 0 Å². The molecular formula is C9H5F5O4. The molecular weight excluding hydrogens is 267 g/mol. The van der Waals surface area contributed by atoms with Crippen LogP contribution in [0.5, 0.6) is 11.5 Å². The van der Waals surface area contributed by atoms with E-state index < -0.39 is 36.0 Å². The van der Waals surface area contributed by atoms with E-state index in [-0.39, 0.29) is 0 Å². The Morgan fingerprint density at radius 2 is 1.89 bits per heavy atom. The van der Waals surface area contributed by atoms with Gasteiger partial charge in [0.2, 0.25) is 0 Å². The van der Waals surface area contributed by atoms with Crippen LogP contribution in [0.15, 0.2) is 18.2 Å². The highest BCUT2D eigenvalue weighted by Gasteiger charge is 2.33. The molecule has 0 unspecified atom stereocenters. The number of rotatable bonds is 4. The Morgan fingerprint density at radius 1 is 1.28 bits per heavy atom. The minimum Gasteiger partial charge on any atom is -0.478 e. The van der Waals surface area contributed by atoms with E-state index in [1.165, 1.54) is 0 Å². The first-order valence-corrected chi connectivity index (χ1v) is 4.27. The van der Waals surface area contributed by atoms with Gasteiger partial charge in [-0.2, -0.15) is 8.78 Å². The van der Waals surface area contributed by atoms with Crippen LogP contribution in [0.3, 0.4) is 0 Å². The summed E-state index contributed by atoms with van der Waals surface area (Å²) >= 11 is 0. The van der Waals surface area contributed by atoms with Crippen molar-refractivity contribution in [3.8, 4) is 11.5 Å². The molecule has 0 saturated heterocycles. The van der Waals surface area contributed by atoms with Gasteiger partial charge in [-0.15, -0.1) is 13.2 Å². The van der Waals surface area contributed by atoms with Gasteiger partial charge >= 0.3 is 18.9 Å². The Hall–Kier alpha value is -2.06. The summed E-state index contributed by atoms with van der Waals surface area (Å²) in [4.78, 5) is 10.7. The average molecular weight is 272 g/mol. The molecule has 0 heterocycles. The van der Waals surface area contributed by atoms with E-state index in [1.807, 2.05) is 0 Å². The second-order valence-corrected chi connectivity index (χ2v) is 2.89. The van der Waals surface area contributed by atoms with E-state index in [1.54, 1.807) is 0 Å². The van der Waals surface area contributed by atoms with Crippen LogP contribution in [0.4, 0.5) is 22.0 Å². The molecule has 0 aliphatic rings. The van der Waals surface area contributed by atoms with Crippen LogP contribution in [0.25, 0.3) is 0 Å². The van der Waals surface area contributed by atoms with Crippen LogP contribution in [0.1, 0.15) is 10.4 Å². The summed E-state index contributed by atoms with van der Waals surface area (Å²) in [5.74, 6) is -3.37. The smallest absolute Gasteiger partial charge is 0.478 e. The summed E-state index contributed by atoms with van der Waals surface area (Å²) in [6, 6.07) is 1.82. The molecule has 0 saturated carbocycles. The average Bonchev–Trinajstić information content (AvgIpc) is 2.17. The van der Waals surface area contributed by atoms with Gasteiger partial charge in [-0.3, -0.25) is 0 Å². The van der Waals surface area contributed by atoms with Crippen LogP contribution in [-0.2, 0) is 0 Å². The molecule has 0 spiro atoms. The van der Waals surface area contributed by atoms with Crippen molar-refractivity contribution < 1.29 is 41.3 Å². The zero-order valence-electron chi connectivity index (χ0n) is 8.37. The molecule has 0 aromatic heterocycles. The van der Waals surface area contributed by atoms with Crippen molar-refractivity contribution in [3.05, 3.63) is 23.8 Å². The largest absolute Gasteiger partial charge is 0.573 e. The standard InChI is InChI=1S/C9H5F5O4/c10-8(11)17-4-1-2-6(18-9(12,13)14)5(3-4)7(15)16/h1-3,8H,(H,15,16). The number of carboxylic acid groups (broad SMARTS) is 1. The first kappa shape index (κ1) is 14.0. The Labute approximate surface area is 96.5 Å². The number of hydrogen-bond acceptors (Lipinski definition) is 3. The number of ether oxygens (including phenoxy) is 2. The zero-order valence-corrected chi connectivity index (χ0v) is 8.37. The Balaban J connectivity index is 3.09. The van der Waals surface area contributed by atoms with Crippen molar-refractivity contribution in [2.45, 2.75) is 13.0 Å². The summed E-state index contributed by atoms with van der Waals surface area (Å²) in [5.41, 5.74) is -0.939. The molecule has 0 fully saturated rings. The lowest BCUT2D eigenvalue weighted by molar-refractivity contribution is -0.274. The lowest BCUT2D eigenvalue weighted by atomic mass is 10.2. The number of benzene rings is 1. The maximum Gasteiger partial charge on any atom is 0.573 e. The number of hydrogen-bond donors (Lipinski definition) is 1. The minimum absolute atomic E-state index is 0.509. The molecule has 0 aliphatic carbocycles. The molecule has 1 aromatic carbocycles. The third-order valence-electron chi connectivity index (χ3n) is 1.63. The highest BCUT2D eigenvalue weighted by atomic mass is 19.4. The van der Waals surface area contributed by atoms with Crippen LogP contribution in [0, 0.1) is 0 Å². The monoisotopic (exact) mass is 272 g/mol. The Kier molecular flexibility index (Phi) is 3.94. The van der Waals surface area contributed by atoms with Crippen molar-refractivity contribution in [1.82, 2.24) is 0 Å². The summed E-state index contributed by atoms with van der Waals surface area (Å²) in [7, 11) is 0. The molecule has 0 amide bonds. The fourth-order valence-electron chi connectivity index (χ4n) is 1.07. The van der Waals surface area contributed by atoms with Gasteiger partial charge < -0.3 is 14.6 Å². The Bertz CT molecular complexity index is 443. The fourth-order valence-corrected chi connectivity index (χ4v) is 1.07. The van der Waals surface area contributed by atoms with Gasteiger partial charge in [0.05, 0.1) is 0 Å². The molecule has 4 nitrogen and oxygen atoms in total. The summed E-state index contributed by atoms with van der Waals surface area (Å²) in [5, 5.41) is 8.63. The summed E-state index contributed by atoms with van der Waals surface area (Å²) in [6.07, 6.45) is -5.09. The predicted octanol–water partition coefficient (Wildman–Crippen LogP) is 2.88. The van der Waals surface area contributed by atoms with Gasteiger partial charge in [-0.1, -0.05) is 0 Å². The van der Waals surface area contributed by atoms with Crippen molar-refractivity contribution in [2.75, 3.05) is 0 Å². The molecule has 18 heavy (non-hydrogen) atoms. The summed E-state index contributed by atoms with van der Waals surface area (Å²) < 4.78 is 66.8. The van der Waals surface area contributed by atoms with E-state index in [0.29, 0.717) is 12.1 Å². The molecule has 100 valence electrons. The molecule has 0 radical (unpaired) electrons. The summed E-state index contributed by atoms with van der Waals surface area (Å²) in [6.45, 7) is -3.22. The maximum atomic E-state index is 11.9. The number of aromatic carboxylic acids is 1. The van der Waals surface area contributed by atoms with Crippen LogP contribution in [0.2, 0.25) is 0 Å². The van der Waals surface area contributed by atoms with Gasteiger partial charge in [-0.05, 0) is 18.2 Å². The van der Waals surface area contributed by atoms with Crippen LogP contribution >= 0.6 is 0 Å². The molecule has 0 bridgehead atoms. The van der Waals surface area contributed by atoms with Crippen LogP contribution in [-0.4, -0.2) is 24.0 Å². The van der Waals surface area contributed by atoms with Crippen LogP contribution < -0.4 is 9.47 Å². The van der Waals surface area contributed by atoms with E-state index >= 15 is 0 Å². The van der Waals surface area contributed by atoms with E-state index in [9.17, 15) is 26.7 Å². The van der Waals surface area contributed by atoms with Crippen molar-refractivity contribution in [1.29, 1.82) is 0 Å². The lowest BCUT2D eigenvalue weighted by Crippen LogP contribution is -2.19. The van der Waals surface area contributed by atoms with E-state index in [0.717, 1.165) is 6.07 Å². The molecule has 0 aliphatic heterocycles. The molecule has 1 N–H and O–H groups in total. The highest BCUT2D eigenvalue weighted by Crippen LogP contribution is 2.30. The second kappa shape index (κ2) is 5.07. The first-order valence-electron chi connectivity index (χ1n) is 4.27. The van der Waals surface area contributed by atoms with Crippen molar-refractivity contribution in [2.24, 2.45) is 0 Å². The van der Waals surface area contributed by atoms with Gasteiger partial charge in [0.15, 0.2) is 0 Å². The zero-order chi connectivity index (χ0) is 13.9. The van der Waals surface area contributed by atoms with Crippen molar-refractivity contribution >= 4 is 5.97 Å². The minimum atomic E-state index is -5.09. The van der Waals surface area contributed by atoms with Gasteiger partial charge in [0.1, 0.15) is 17.1 Å². The normalized spacial score (nSPS) is 11.4. The quantitative estimate of drug-likeness (QED) is 0.856.